The summed E-state index contributed by atoms with van der Waals surface area (Å²) in [6.07, 6.45) is 2.23. The molecule has 5 nitrogen and oxygen atoms in total. The van der Waals surface area contributed by atoms with Gasteiger partial charge in [-0.05, 0) is 12.8 Å². The van der Waals surface area contributed by atoms with Gasteiger partial charge in [0.15, 0.2) is 5.69 Å². The molecule has 2 rings (SSSR count). The van der Waals surface area contributed by atoms with E-state index in [1.54, 1.807) is 7.05 Å². The molecule has 0 atom stereocenters. The molecule has 76 valence electrons. The largest absolute Gasteiger partial charge is 0.464 e. The van der Waals surface area contributed by atoms with E-state index >= 15 is 0 Å². The third-order valence-corrected chi connectivity index (χ3v) is 2.46. The molecule has 0 spiro atoms. The van der Waals surface area contributed by atoms with Crippen LogP contribution in [0, 0.1) is 0 Å². The van der Waals surface area contributed by atoms with Crippen LogP contribution in [-0.2, 0) is 11.8 Å². The fraction of sp³-hybridized carbons (Fsp3) is 0.556. The van der Waals surface area contributed by atoms with Crippen LogP contribution in [0.15, 0.2) is 0 Å². The average Bonchev–Trinajstić information content (AvgIpc) is 2.93. The summed E-state index contributed by atoms with van der Waals surface area (Å²) in [4.78, 5) is 11.3. The quantitative estimate of drug-likeness (QED) is 0.704. The van der Waals surface area contributed by atoms with Crippen molar-refractivity contribution in [2.24, 2.45) is 7.05 Å². The molecule has 0 aromatic carbocycles. The minimum Gasteiger partial charge on any atom is -0.464 e. The number of aromatic nitrogens is 2. The third kappa shape index (κ3) is 1.25. The first kappa shape index (κ1) is 9.05. The van der Waals surface area contributed by atoms with Gasteiger partial charge in [0.05, 0.1) is 18.5 Å². The van der Waals surface area contributed by atoms with Gasteiger partial charge in [0.2, 0.25) is 0 Å². The number of aryl methyl sites for hydroxylation is 1. The van der Waals surface area contributed by atoms with Crippen molar-refractivity contribution in [2.45, 2.75) is 18.8 Å². The first-order valence-electron chi connectivity index (χ1n) is 4.55. The monoisotopic (exact) mass is 195 g/mol. The van der Waals surface area contributed by atoms with Gasteiger partial charge in [-0.3, -0.25) is 4.68 Å². The van der Waals surface area contributed by atoms with Crippen LogP contribution in [0.2, 0.25) is 0 Å². The summed E-state index contributed by atoms with van der Waals surface area (Å²) < 4.78 is 6.13. The predicted octanol–water partition coefficient (Wildman–Crippen LogP) is 0.666. The molecular formula is C9H13N3O2. The van der Waals surface area contributed by atoms with Crippen molar-refractivity contribution in [1.82, 2.24) is 9.78 Å². The molecule has 14 heavy (non-hydrogen) atoms. The van der Waals surface area contributed by atoms with Gasteiger partial charge < -0.3 is 10.5 Å². The summed E-state index contributed by atoms with van der Waals surface area (Å²) in [6, 6.07) is 0. The maximum absolute atomic E-state index is 11.3. The summed E-state index contributed by atoms with van der Waals surface area (Å²) in [5.74, 6) is 0.0176. The van der Waals surface area contributed by atoms with Gasteiger partial charge in [-0.2, -0.15) is 5.10 Å². The van der Waals surface area contributed by atoms with Crippen LogP contribution in [0.3, 0.4) is 0 Å². The molecule has 0 radical (unpaired) electrons. The molecule has 1 heterocycles. The predicted molar refractivity (Wildman–Crippen MR) is 50.9 cm³/mol. The van der Waals surface area contributed by atoms with Crippen molar-refractivity contribution in [2.75, 3.05) is 12.8 Å². The maximum atomic E-state index is 11.3. The van der Waals surface area contributed by atoms with Crippen LogP contribution in [0.4, 0.5) is 5.69 Å². The summed E-state index contributed by atoms with van der Waals surface area (Å²) >= 11 is 0. The average molecular weight is 195 g/mol. The fourth-order valence-corrected chi connectivity index (χ4v) is 1.56. The van der Waals surface area contributed by atoms with Crippen molar-refractivity contribution in [3.05, 3.63) is 11.4 Å². The highest BCUT2D eigenvalue weighted by molar-refractivity contribution is 5.93. The molecule has 0 unspecified atom stereocenters. The highest BCUT2D eigenvalue weighted by Gasteiger charge is 2.32. The van der Waals surface area contributed by atoms with Crippen LogP contribution >= 0.6 is 0 Å². The fourth-order valence-electron chi connectivity index (χ4n) is 1.56. The van der Waals surface area contributed by atoms with E-state index in [2.05, 4.69) is 9.84 Å². The minimum atomic E-state index is -0.426. The van der Waals surface area contributed by atoms with Crippen molar-refractivity contribution in [3.8, 4) is 0 Å². The molecular weight excluding hydrogens is 182 g/mol. The zero-order chi connectivity index (χ0) is 10.3. The topological polar surface area (TPSA) is 70.1 Å². The Bertz CT molecular complexity index is 380. The van der Waals surface area contributed by atoms with E-state index in [0.29, 0.717) is 17.3 Å². The molecule has 0 aliphatic heterocycles. The lowest BCUT2D eigenvalue weighted by Gasteiger charge is -1.99. The second-order valence-corrected chi connectivity index (χ2v) is 3.54. The Balaban J connectivity index is 2.43. The van der Waals surface area contributed by atoms with E-state index in [9.17, 15) is 4.79 Å². The highest BCUT2D eigenvalue weighted by atomic mass is 16.5. The van der Waals surface area contributed by atoms with E-state index in [-0.39, 0.29) is 0 Å². The lowest BCUT2D eigenvalue weighted by atomic mass is 10.2. The number of ether oxygens (including phenoxy) is 1. The van der Waals surface area contributed by atoms with Gasteiger partial charge in [-0.1, -0.05) is 0 Å². The number of anilines is 1. The Morgan fingerprint density at radius 1 is 1.64 bits per heavy atom. The zero-order valence-corrected chi connectivity index (χ0v) is 8.28. The SMILES string of the molecule is COC(=O)c1c(N)c(C2CC2)nn1C. The number of nitrogens with zero attached hydrogens (tertiary/aromatic N) is 2. The summed E-state index contributed by atoms with van der Waals surface area (Å²) in [5.41, 5.74) is 7.51. The molecule has 1 aliphatic carbocycles. The number of carbonyl (C=O) groups excluding carboxylic acids is 1. The van der Waals surface area contributed by atoms with Crippen LogP contribution < -0.4 is 5.73 Å². The first-order chi connectivity index (χ1) is 6.65. The van der Waals surface area contributed by atoms with Crippen LogP contribution in [-0.4, -0.2) is 22.9 Å². The van der Waals surface area contributed by atoms with E-state index in [1.165, 1.54) is 11.8 Å². The lowest BCUT2D eigenvalue weighted by Crippen LogP contribution is -2.10. The number of hydrogen-bond acceptors (Lipinski definition) is 4. The van der Waals surface area contributed by atoms with Crippen LogP contribution in [0.5, 0.6) is 0 Å². The van der Waals surface area contributed by atoms with Crippen molar-refractivity contribution < 1.29 is 9.53 Å². The van der Waals surface area contributed by atoms with E-state index in [1.807, 2.05) is 0 Å². The molecule has 1 saturated carbocycles. The number of nitrogens with two attached hydrogens (primary N) is 1. The van der Waals surface area contributed by atoms with Crippen molar-refractivity contribution in [3.63, 3.8) is 0 Å². The Kier molecular flexibility index (Phi) is 1.94. The molecule has 0 saturated heterocycles. The van der Waals surface area contributed by atoms with Gasteiger partial charge in [0, 0.05) is 13.0 Å². The lowest BCUT2D eigenvalue weighted by molar-refractivity contribution is 0.0589. The molecule has 2 N–H and O–H groups in total. The molecule has 1 aliphatic rings. The molecule has 5 heteroatoms. The van der Waals surface area contributed by atoms with E-state index in [0.717, 1.165) is 18.5 Å². The van der Waals surface area contributed by atoms with Crippen LogP contribution in [0.25, 0.3) is 0 Å². The van der Waals surface area contributed by atoms with Crippen molar-refractivity contribution >= 4 is 11.7 Å². The Hall–Kier alpha value is -1.52. The normalized spacial score (nSPS) is 15.6. The summed E-state index contributed by atoms with van der Waals surface area (Å²) in [7, 11) is 3.04. The van der Waals surface area contributed by atoms with Gasteiger partial charge >= 0.3 is 5.97 Å². The number of rotatable bonds is 2. The number of methoxy groups -OCH3 is 1. The van der Waals surface area contributed by atoms with Gasteiger partial charge in [0.25, 0.3) is 0 Å². The maximum Gasteiger partial charge on any atom is 0.358 e. The minimum absolute atomic E-state index is 0.356. The zero-order valence-electron chi connectivity index (χ0n) is 8.28. The molecule has 1 aromatic rings. The van der Waals surface area contributed by atoms with Gasteiger partial charge in [0.1, 0.15) is 0 Å². The van der Waals surface area contributed by atoms with Crippen LogP contribution in [0.1, 0.15) is 34.9 Å². The Morgan fingerprint density at radius 3 is 2.79 bits per heavy atom. The van der Waals surface area contributed by atoms with E-state index in [4.69, 9.17) is 5.73 Å². The number of carbonyl (C=O) groups is 1. The number of nitrogen functional groups attached to an aromatic ring is 1. The molecule has 0 bridgehead atoms. The Morgan fingerprint density at radius 2 is 2.29 bits per heavy atom. The van der Waals surface area contributed by atoms with Gasteiger partial charge in [-0.15, -0.1) is 0 Å². The molecule has 1 fully saturated rings. The van der Waals surface area contributed by atoms with Crippen molar-refractivity contribution in [1.29, 1.82) is 0 Å². The molecule has 0 amide bonds. The van der Waals surface area contributed by atoms with E-state index < -0.39 is 5.97 Å². The highest BCUT2D eigenvalue weighted by Crippen LogP contribution is 2.42. The third-order valence-electron chi connectivity index (χ3n) is 2.46. The summed E-state index contributed by atoms with van der Waals surface area (Å²) in [5, 5.41) is 4.23. The summed E-state index contributed by atoms with van der Waals surface area (Å²) in [6.45, 7) is 0. The smallest absolute Gasteiger partial charge is 0.358 e. The number of hydrogen-bond donors (Lipinski definition) is 1. The molecule has 1 aromatic heterocycles. The Labute approximate surface area is 81.8 Å². The van der Waals surface area contributed by atoms with Gasteiger partial charge in [-0.25, -0.2) is 4.79 Å². The standard InChI is InChI=1S/C9H13N3O2/c1-12-8(9(13)14-2)6(10)7(11-12)5-3-4-5/h5H,3-4,10H2,1-2H3. The second kappa shape index (κ2) is 3.01. The number of esters is 1. The first-order valence-corrected chi connectivity index (χ1v) is 4.55. The second-order valence-electron chi connectivity index (χ2n) is 3.54.